The van der Waals surface area contributed by atoms with E-state index in [0.717, 1.165) is 6.92 Å². The summed E-state index contributed by atoms with van der Waals surface area (Å²) in [5.41, 5.74) is -1.13. The van der Waals surface area contributed by atoms with Crippen LogP contribution in [0.15, 0.2) is 18.3 Å². The molecule has 0 aliphatic carbocycles. The third-order valence-corrected chi connectivity index (χ3v) is 5.50. The highest BCUT2D eigenvalue weighted by molar-refractivity contribution is 5.95. The summed E-state index contributed by atoms with van der Waals surface area (Å²) in [7, 11) is 1.32. The van der Waals surface area contributed by atoms with E-state index in [-0.39, 0.29) is 17.7 Å². The van der Waals surface area contributed by atoms with E-state index < -0.39 is 41.9 Å². The van der Waals surface area contributed by atoms with Crippen LogP contribution in [0, 0.1) is 12.7 Å². The summed E-state index contributed by atoms with van der Waals surface area (Å²) in [6.07, 6.45) is -5.04. The van der Waals surface area contributed by atoms with Crippen LogP contribution < -0.4 is 10.1 Å². The molecule has 1 aliphatic rings. The van der Waals surface area contributed by atoms with Gasteiger partial charge in [0, 0.05) is 17.0 Å². The number of alkyl halides is 3. The van der Waals surface area contributed by atoms with Gasteiger partial charge in [0.2, 0.25) is 0 Å². The zero-order chi connectivity index (χ0) is 22.3. The van der Waals surface area contributed by atoms with Crippen molar-refractivity contribution in [3.8, 4) is 5.75 Å². The molecule has 0 saturated carbocycles. The molecule has 1 aliphatic heterocycles. The topological polar surface area (TPSA) is 76.2 Å². The molecule has 30 heavy (non-hydrogen) atoms. The molecule has 6 nitrogen and oxygen atoms in total. The van der Waals surface area contributed by atoms with Crippen LogP contribution >= 0.6 is 0 Å². The van der Waals surface area contributed by atoms with Crippen LogP contribution in [0.1, 0.15) is 43.0 Å². The highest BCUT2D eigenvalue weighted by Crippen LogP contribution is 2.51. The van der Waals surface area contributed by atoms with E-state index >= 15 is 0 Å². The lowest BCUT2D eigenvalue weighted by Crippen LogP contribution is -2.43. The molecule has 1 aromatic heterocycles. The van der Waals surface area contributed by atoms with Gasteiger partial charge in [0.1, 0.15) is 17.7 Å². The van der Waals surface area contributed by atoms with Crippen molar-refractivity contribution in [1.82, 2.24) is 10.2 Å². The second-order valence-corrected chi connectivity index (χ2v) is 7.48. The van der Waals surface area contributed by atoms with Gasteiger partial charge in [0.15, 0.2) is 5.60 Å². The quantitative estimate of drug-likeness (QED) is 0.697. The molecule has 3 atom stereocenters. The van der Waals surface area contributed by atoms with E-state index in [2.05, 4.69) is 15.5 Å². The highest BCUT2D eigenvalue weighted by atomic mass is 19.4. The number of amides is 1. The van der Waals surface area contributed by atoms with Crippen LogP contribution in [0.25, 0.3) is 0 Å². The van der Waals surface area contributed by atoms with Gasteiger partial charge in [-0.3, -0.25) is 9.89 Å². The zero-order valence-electron chi connectivity index (χ0n) is 17.0. The summed E-state index contributed by atoms with van der Waals surface area (Å²) in [5.74, 6) is -2.13. The SMILES string of the molecule is CCc1c(F)ccc([C@H]2C[C@@](C)(C(F)(F)F)O[C@@H]2C(=O)Nc2cn[nH]c2C)c1OC. The number of ether oxygens (including phenoxy) is 2. The first-order valence-electron chi connectivity index (χ1n) is 9.43. The van der Waals surface area contributed by atoms with Gasteiger partial charge < -0.3 is 14.8 Å². The number of aryl methyl sites for hydroxylation is 1. The number of hydrogen-bond donors (Lipinski definition) is 2. The molecule has 1 saturated heterocycles. The lowest BCUT2D eigenvalue weighted by Gasteiger charge is -2.27. The van der Waals surface area contributed by atoms with Gasteiger partial charge in [-0.25, -0.2) is 4.39 Å². The number of aromatic nitrogens is 2. The average Bonchev–Trinajstić information content (AvgIpc) is 3.25. The van der Waals surface area contributed by atoms with Crippen molar-refractivity contribution in [1.29, 1.82) is 0 Å². The molecule has 2 aromatic rings. The van der Waals surface area contributed by atoms with Crippen LogP contribution in [-0.4, -0.2) is 41.1 Å². The fraction of sp³-hybridized carbons (Fsp3) is 0.500. The molecule has 1 aromatic carbocycles. The first kappa shape index (κ1) is 22.1. The van der Waals surface area contributed by atoms with Gasteiger partial charge in [-0.1, -0.05) is 13.0 Å². The first-order valence-corrected chi connectivity index (χ1v) is 9.43. The smallest absolute Gasteiger partial charge is 0.417 e. The Morgan fingerprint density at radius 1 is 1.43 bits per heavy atom. The molecule has 0 unspecified atom stereocenters. The van der Waals surface area contributed by atoms with E-state index in [0.29, 0.717) is 16.9 Å². The molecule has 10 heteroatoms. The van der Waals surface area contributed by atoms with Crippen LogP contribution in [0.3, 0.4) is 0 Å². The highest BCUT2D eigenvalue weighted by Gasteiger charge is 2.61. The van der Waals surface area contributed by atoms with E-state index in [4.69, 9.17) is 9.47 Å². The van der Waals surface area contributed by atoms with Gasteiger partial charge in [0.25, 0.3) is 5.91 Å². The Balaban J connectivity index is 2.05. The maximum absolute atomic E-state index is 14.2. The van der Waals surface area contributed by atoms with Gasteiger partial charge in [-0.2, -0.15) is 18.3 Å². The summed E-state index contributed by atoms with van der Waals surface area (Å²) in [6, 6.07) is 2.53. The number of nitrogens with zero attached hydrogens (tertiary/aromatic N) is 1. The third-order valence-electron chi connectivity index (χ3n) is 5.50. The number of halogens is 4. The number of carbonyl (C=O) groups is 1. The monoisotopic (exact) mass is 429 g/mol. The Bertz CT molecular complexity index is 944. The summed E-state index contributed by atoms with van der Waals surface area (Å²) >= 11 is 0. The number of hydrogen-bond acceptors (Lipinski definition) is 4. The van der Waals surface area contributed by atoms with Gasteiger partial charge in [-0.05, 0) is 32.8 Å². The summed E-state index contributed by atoms with van der Waals surface area (Å²) < 4.78 is 66.1. The molecule has 0 spiro atoms. The van der Waals surface area contributed by atoms with Crippen molar-refractivity contribution in [2.45, 2.75) is 57.4 Å². The Morgan fingerprint density at radius 3 is 2.67 bits per heavy atom. The van der Waals surface area contributed by atoms with E-state index in [1.807, 2.05) is 0 Å². The fourth-order valence-electron chi connectivity index (χ4n) is 3.79. The van der Waals surface area contributed by atoms with Crippen molar-refractivity contribution in [2.24, 2.45) is 0 Å². The van der Waals surface area contributed by atoms with Gasteiger partial charge in [-0.15, -0.1) is 0 Å². The second kappa shape index (κ2) is 7.90. The molecule has 2 N–H and O–H groups in total. The van der Waals surface area contributed by atoms with Crippen molar-refractivity contribution in [3.05, 3.63) is 41.0 Å². The normalized spacial score (nSPS) is 24.1. The lowest BCUT2D eigenvalue weighted by molar-refractivity contribution is -0.261. The Labute approximate surface area is 170 Å². The first-order chi connectivity index (χ1) is 14.0. The van der Waals surface area contributed by atoms with E-state index in [1.54, 1.807) is 13.8 Å². The molecule has 1 amide bonds. The Hall–Kier alpha value is -2.62. The van der Waals surface area contributed by atoms with Crippen LogP contribution in [0.5, 0.6) is 5.75 Å². The maximum atomic E-state index is 14.2. The van der Waals surface area contributed by atoms with E-state index in [9.17, 15) is 22.4 Å². The minimum atomic E-state index is -4.70. The number of anilines is 1. The Morgan fingerprint density at radius 2 is 2.13 bits per heavy atom. The number of rotatable bonds is 5. The standard InChI is InChI=1S/C20H23F4N3O3/c1-5-11-14(21)7-6-12(16(11)29-4)13-8-19(3,20(22,23)24)30-17(13)18(28)26-15-9-25-27-10(15)2/h6-7,9,13,17H,5,8H2,1-4H3,(H,25,27)(H,26,28)/t13-,17+,19+/m1/s1. The van der Waals surface area contributed by atoms with Crippen molar-refractivity contribution < 1.29 is 31.8 Å². The molecule has 164 valence electrons. The molecule has 3 rings (SSSR count). The predicted molar refractivity (Wildman–Crippen MR) is 101 cm³/mol. The van der Waals surface area contributed by atoms with Crippen LogP contribution in [0.4, 0.5) is 23.2 Å². The second-order valence-electron chi connectivity index (χ2n) is 7.48. The van der Waals surface area contributed by atoms with Crippen molar-refractivity contribution in [2.75, 3.05) is 12.4 Å². The molecular formula is C20H23F4N3O3. The van der Waals surface area contributed by atoms with Crippen LogP contribution in [0.2, 0.25) is 0 Å². The van der Waals surface area contributed by atoms with Gasteiger partial charge in [0.05, 0.1) is 24.7 Å². The fourth-order valence-corrected chi connectivity index (χ4v) is 3.79. The number of nitrogens with one attached hydrogen (secondary N) is 2. The van der Waals surface area contributed by atoms with Gasteiger partial charge >= 0.3 is 6.18 Å². The lowest BCUT2D eigenvalue weighted by atomic mass is 9.84. The largest absolute Gasteiger partial charge is 0.496 e. The van der Waals surface area contributed by atoms with E-state index in [1.165, 1.54) is 25.4 Å². The molecular weight excluding hydrogens is 406 g/mol. The molecule has 0 radical (unpaired) electrons. The van der Waals surface area contributed by atoms with Crippen LogP contribution in [-0.2, 0) is 16.0 Å². The van der Waals surface area contributed by atoms with Crippen molar-refractivity contribution >= 4 is 11.6 Å². The minimum Gasteiger partial charge on any atom is -0.496 e. The molecule has 2 heterocycles. The minimum absolute atomic E-state index is 0.134. The summed E-state index contributed by atoms with van der Waals surface area (Å²) in [4.78, 5) is 12.9. The number of methoxy groups -OCH3 is 1. The number of aromatic amines is 1. The maximum Gasteiger partial charge on any atom is 0.417 e. The predicted octanol–water partition coefficient (Wildman–Crippen LogP) is 4.26. The number of carbonyl (C=O) groups excluding carboxylic acids is 1. The summed E-state index contributed by atoms with van der Waals surface area (Å²) in [5, 5.41) is 8.98. The third kappa shape index (κ3) is 3.76. The summed E-state index contributed by atoms with van der Waals surface area (Å²) in [6.45, 7) is 4.28. The molecule has 1 fully saturated rings. The Kier molecular flexibility index (Phi) is 5.81. The molecule has 0 bridgehead atoms. The number of H-pyrrole nitrogens is 1. The average molecular weight is 429 g/mol. The number of benzene rings is 1. The van der Waals surface area contributed by atoms with Crippen molar-refractivity contribution in [3.63, 3.8) is 0 Å². The zero-order valence-corrected chi connectivity index (χ0v) is 17.0.